The van der Waals surface area contributed by atoms with Gasteiger partial charge in [-0.15, -0.1) is 0 Å². The lowest BCUT2D eigenvalue weighted by atomic mass is 9.96. The molecule has 1 aromatic carbocycles. The molecule has 28 heavy (non-hydrogen) atoms. The lowest BCUT2D eigenvalue weighted by Gasteiger charge is -2.25. The zero-order valence-corrected chi connectivity index (χ0v) is 16.4. The molecule has 9 heteroatoms. The van der Waals surface area contributed by atoms with E-state index in [0.717, 1.165) is 22.9 Å². The molecular formula is C19H25N3O5S. The molecule has 0 fully saturated rings. The Morgan fingerprint density at radius 1 is 1.18 bits per heavy atom. The summed E-state index contributed by atoms with van der Waals surface area (Å²) in [5.41, 5.74) is 9.04. The number of nitrogens with zero attached hydrogens (tertiary/aromatic N) is 2. The highest BCUT2D eigenvalue weighted by Crippen LogP contribution is 2.29. The van der Waals surface area contributed by atoms with Crippen molar-refractivity contribution in [3.63, 3.8) is 0 Å². The molecule has 3 rings (SSSR count). The maximum atomic E-state index is 12.0. The first-order valence-electron chi connectivity index (χ1n) is 8.44. The van der Waals surface area contributed by atoms with Crippen molar-refractivity contribution < 1.29 is 25.0 Å². The second kappa shape index (κ2) is 8.07. The number of carbonyl (C=O) groups excluding carboxylic acids is 1. The summed E-state index contributed by atoms with van der Waals surface area (Å²) in [4.78, 5) is 21.1. The summed E-state index contributed by atoms with van der Waals surface area (Å²) in [5.74, 6) is -0.885. The lowest BCUT2D eigenvalue weighted by molar-refractivity contribution is -0.121. The van der Waals surface area contributed by atoms with E-state index >= 15 is 0 Å². The molecule has 0 unspecified atom stereocenters. The van der Waals surface area contributed by atoms with Gasteiger partial charge in [-0.2, -0.15) is 0 Å². The van der Waals surface area contributed by atoms with Crippen LogP contribution in [0, 0.1) is 0 Å². The van der Waals surface area contributed by atoms with E-state index in [0.29, 0.717) is 12.1 Å². The normalized spacial score (nSPS) is 18.4. The summed E-state index contributed by atoms with van der Waals surface area (Å²) >= 11 is 0. The van der Waals surface area contributed by atoms with Crippen molar-refractivity contribution in [1.82, 2.24) is 4.98 Å². The molecule has 2 heterocycles. The number of nitrogens with two attached hydrogens (primary N) is 1. The molecule has 1 aliphatic heterocycles. The van der Waals surface area contributed by atoms with Crippen LogP contribution in [0.3, 0.4) is 0 Å². The topological polar surface area (TPSA) is 143 Å². The predicted octanol–water partition coefficient (Wildman–Crippen LogP) is 1.34. The fourth-order valence-electron chi connectivity index (χ4n) is 2.98. The molecule has 2 aromatic rings. The van der Waals surface area contributed by atoms with Crippen molar-refractivity contribution >= 4 is 21.5 Å². The largest absolute Gasteiger partial charge is 0.412 e. The van der Waals surface area contributed by atoms with Gasteiger partial charge in [0.1, 0.15) is 6.10 Å². The summed E-state index contributed by atoms with van der Waals surface area (Å²) in [5, 5.41) is 4.08. The second-order valence-electron chi connectivity index (χ2n) is 6.85. The summed E-state index contributed by atoms with van der Waals surface area (Å²) < 4.78 is 22.3. The zero-order valence-electron chi connectivity index (χ0n) is 15.6. The number of aromatic nitrogens is 1. The molecule has 0 saturated heterocycles. The summed E-state index contributed by atoms with van der Waals surface area (Å²) in [6.45, 7) is 1.33. The number of oxime groups is 1. The van der Waals surface area contributed by atoms with Crippen LogP contribution in [0.15, 0.2) is 53.9 Å². The van der Waals surface area contributed by atoms with E-state index in [1.54, 1.807) is 12.4 Å². The first kappa shape index (κ1) is 21.5. The number of hydrogen-bond acceptors (Lipinski definition) is 6. The molecule has 0 radical (unpaired) electrons. The maximum Gasteiger partial charge on any atom is 0.238 e. The van der Waals surface area contributed by atoms with E-state index in [1.165, 1.54) is 6.92 Å². The van der Waals surface area contributed by atoms with Crippen molar-refractivity contribution in [2.45, 2.75) is 30.6 Å². The van der Waals surface area contributed by atoms with Crippen LogP contribution in [0.25, 0.3) is 11.1 Å². The third kappa shape index (κ3) is 4.20. The molecule has 0 spiro atoms. The first-order chi connectivity index (χ1) is 12.7. The fraction of sp³-hybridized carbons (Fsp3) is 0.316. The van der Waals surface area contributed by atoms with Crippen LogP contribution in [0.1, 0.15) is 26.8 Å². The molecule has 1 aromatic heterocycles. The molecule has 0 saturated carbocycles. The van der Waals surface area contributed by atoms with Gasteiger partial charge in [0.05, 0.1) is 5.71 Å². The number of benzene rings is 1. The SMILES string of the molecule is C[C@@](C[C@H]1CC(c2ccc(-c3ccncc3)cc2)=NO1)(C(N)=O)S(C)(=O)=O.O.[HH]. The van der Waals surface area contributed by atoms with Crippen LogP contribution in [-0.4, -0.2) is 47.6 Å². The van der Waals surface area contributed by atoms with Gasteiger partial charge in [0, 0.05) is 32.9 Å². The van der Waals surface area contributed by atoms with Gasteiger partial charge in [-0.3, -0.25) is 9.78 Å². The molecule has 2 atom stereocenters. The highest BCUT2D eigenvalue weighted by Gasteiger charge is 2.45. The zero-order chi connectivity index (χ0) is 19.7. The quantitative estimate of drug-likeness (QED) is 0.768. The third-order valence-corrected chi connectivity index (χ3v) is 6.93. The lowest BCUT2D eigenvalue weighted by Crippen LogP contribution is -2.49. The monoisotopic (exact) mass is 407 g/mol. The van der Waals surface area contributed by atoms with Crippen molar-refractivity contribution in [3.8, 4) is 11.1 Å². The van der Waals surface area contributed by atoms with Gasteiger partial charge in [0.2, 0.25) is 5.91 Å². The Hall–Kier alpha value is -2.78. The number of sulfone groups is 1. The number of hydrogen-bond donors (Lipinski definition) is 1. The average molecular weight is 407 g/mol. The second-order valence-corrected chi connectivity index (χ2v) is 9.30. The maximum absolute atomic E-state index is 12.0. The van der Waals surface area contributed by atoms with Crippen LogP contribution >= 0.6 is 0 Å². The number of primary amides is 1. The number of amides is 1. The van der Waals surface area contributed by atoms with Gasteiger partial charge < -0.3 is 16.0 Å². The Balaban J connectivity index is 0.00000210. The molecular weight excluding hydrogens is 382 g/mol. The minimum absolute atomic E-state index is 0. The van der Waals surface area contributed by atoms with Crippen molar-refractivity contribution in [2.75, 3.05) is 6.26 Å². The Kier molecular flexibility index (Phi) is 6.20. The molecule has 0 aliphatic carbocycles. The minimum Gasteiger partial charge on any atom is -0.412 e. The van der Waals surface area contributed by atoms with Gasteiger partial charge in [-0.05, 0) is 35.7 Å². The fourth-order valence-corrected chi connectivity index (χ4v) is 3.83. The average Bonchev–Trinajstić information content (AvgIpc) is 3.10. The van der Waals surface area contributed by atoms with Gasteiger partial charge in [-0.1, -0.05) is 29.4 Å². The van der Waals surface area contributed by atoms with Gasteiger partial charge in [-0.25, -0.2) is 8.42 Å². The summed E-state index contributed by atoms with van der Waals surface area (Å²) in [6, 6.07) is 11.7. The van der Waals surface area contributed by atoms with E-state index in [-0.39, 0.29) is 13.3 Å². The highest BCUT2D eigenvalue weighted by molar-refractivity contribution is 7.92. The Labute approximate surface area is 165 Å². The van der Waals surface area contributed by atoms with E-state index in [1.807, 2.05) is 36.4 Å². The molecule has 8 nitrogen and oxygen atoms in total. The van der Waals surface area contributed by atoms with Crippen LogP contribution < -0.4 is 5.73 Å². The Morgan fingerprint density at radius 2 is 1.71 bits per heavy atom. The summed E-state index contributed by atoms with van der Waals surface area (Å²) in [6.07, 6.45) is 4.33. The molecule has 152 valence electrons. The molecule has 1 amide bonds. The van der Waals surface area contributed by atoms with Crippen molar-refractivity contribution in [1.29, 1.82) is 0 Å². The van der Waals surface area contributed by atoms with Gasteiger partial charge in [0.15, 0.2) is 14.6 Å². The van der Waals surface area contributed by atoms with Gasteiger partial charge >= 0.3 is 0 Å². The van der Waals surface area contributed by atoms with E-state index in [9.17, 15) is 13.2 Å². The predicted molar refractivity (Wildman–Crippen MR) is 108 cm³/mol. The molecule has 4 N–H and O–H groups in total. The van der Waals surface area contributed by atoms with Crippen LogP contribution in [0.2, 0.25) is 0 Å². The van der Waals surface area contributed by atoms with Crippen LogP contribution in [0.5, 0.6) is 0 Å². The van der Waals surface area contributed by atoms with Gasteiger partial charge in [0.25, 0.3) is 0 Å². The van der Waals surface area contributed by atoms with E-state index in [2.05, 4.69) is 10.1 Å². The number of rotatable bonds is 6. The smallest absolute Gasteiger partial charge is 0.238 e. The first-order valence-corrected chi connectivity index (χ1v) is 10.3. The van der Waals surface area contributed by atoms with Crippen molar-refractivity contribution in [3.05, 3.63) is 54.4 Å². The minimum atomic E-state index is -3.68. The van der Waals surface area contributed by atoms with Crippen LogP contribution in [-0.2, 0) is 19.5 Å². The standard InChI is InChI=1S/C19H21N3O4S.H2O.H2/c1-19(18(20)23,27(2,24)25)12-16-11-17(22-26-16)15-5-3-13(4-6-15)14-7-9-21-10-8-14;;/h3-10,16H,11-12H2,1-2H3,(H2,20,23);1H2;1H/t16-,19-;;/m1../s1. The summed E-state index contributed by atoms with van der Waals surface area (Å²) in [7, 11) is -3.68. The van der Waals surface area contributed by atoms with Crippen LogP contribution in [0.4, 0.5) is 0 Å². The van der Waals surface area contributed by atoms with Crippen molar-refractivity contribution in [2.24, 2.45) is 10.9 Å². The Bertz CT molecular complexity index is 981. The number of carbonyl (C=O) groups is 1. The third-order valence-electron chi connectivity index (χ3n) is 4.92. The van der Waals surface area contributed by atoms with E-state index < -0.39 is 26.6 Å². The number of pyridine rings is 1. The molecule has 1 aliphatic rings. The van der Waals surface area contributed by atoms with E-state index in [4.69, 9.17) is 10.6 Å². The highest BCUT2D eigenvalue weighted by atomic mass is 32.2. The Morgan fingerprint density at radius 3 is 2.25 bits per heavy atom. The molecule has 0 bridgehead atoms.